The minimum absolute atomic E-state index is 0.111. The van der Waals surface area contributed by atoms with Crippen molar-refractivity contribution in [3.05, 3.63) is 29.3 Å². The highest BCUT2D eigenvalue weighted by Gasteiger charge is 2.38. The van der Waals surface area contributed by atoms with E-state index in [4.69, 9.17) is 17.3 Å². The Labute approximate surface area is 108 Å². The molecule has 2 rings (SSSR count). The zero-order valence-corrected chi connectivity index (χ0v) is 11.2. The van der Waals surface area contributed by atoms with Gasteiger partial charge < -0.3 is 15.5 Å². The molecule has 0 amide bonds. The van der Waals surface area contributed by atoms with Crippen molar-refractivity contribution in [2.45, 2.75) is 12.0 Å². The third kappa shape index (κ3) is 2.41. The highest BCUT2D eigenvalue weighted by atomic mass is 35.5. The van der Waals surface area contributed by atoms with Gasteiger partial charge in [-0.15, -0.1) is 0 Å². The number of nitrogens with zero attached hydrogens (tertiary/aromatic N) is 2. The molecule has 0 saturated carbocycles. The lowest BCUT2D eigenvalue weighted by molar-refractivity contribution is 0.184. The van der Waals surface area contributed by atoms with Crippen LogP contribution in [0.2, 0.25) is 5.02 Å². The molecule has 2 N–H and O–H groups in total. The lowest BCUT2D eigenvalue weighted by atomic mass is 9.97. The highest BCUT2D eigenvalue weighted by Crippen LogP contribution is 2.29. The van der Waals surface area contributed by atoms with Gasteiger partial charge in [-0.25, -0.2) is 0 Å². The number of halogens is 1. The first-order chi connectivity index (χ1) is 8.07. The fourth-order valence-corrected chi connectivity index (χ4v) is 2.57. The Bertz CT molecular complexity index is 377. The molecule has 1 aliphatic heterocycles. The third-order valence-corrected chi connectivity index (χ3v) is 4.10. The summed E-state index contributed by atoms with van der Waals surface area (Å²) in [4.78, 5) is 4.63. The van der Waals surface area contributed by atoms with Crippen LogP contribution in [0, 0.1) is 0 Å². The molecule has 1 aromatic rings. The molecule has 1 atom stereocenters. The molecule has 0 aromatic heterocycles. The summed E-state index contributed by atoms with van der Waals surface area (Å²) in [6, 6.07) is 8.03. The molecule has 94 valence electrons. The summed E-state index contributed by atoms with van der Waals surface area (Å²) in [6.07, 6.45) is 1.11. The largest absolute Gasteiger partial charge is 0.370 e. The first-order valence-corrected chi connectivity index (χ1v) is 6.33. The number of anilines is 1. The second-order valence-corrected chi connectivity index (χ2v) is 5.41. The molecule has 1 fully saturated rings. The summed E-state index contributed by atoms with van der Waals surface area (Å²) in [6.45, 7) is 2.74. The average molecular weight is 254 g/mol. The van der Waals surface area contributed by atoms with Crippen molar-refractivity contribution >= 4 is 17.3 Å². The molecule has 0 aliphatic carbocycles. The fraction of sp³-hybridized carbons (Fsp3) is 0.538. The number of rotatable bonds is 3. The van der Waals surface area contributed by atoms with Crippen LogP contribution in [-0.4, -0.2) is 44.2 Å². The lowest BCUT2D eigenvalue weighted by Crippen LogP contribution is -2.52. The zero-order valence-electron chi connectivity index (χ0n) is 10.5. The van der Waals surface area contributed by atoms with Crippen LogP contribution in [-0.2, 0) is 0 Å². The first kappa shape index (κ1) is 12.7. The van der Waals surface area contributed by atoms with Gasteiger partial charge in [0, 0.05) is 30.3 Å². The van der Waals surface area contributed by atoms with Crippen molar-refractivity contribution in [1.82, 2.24) is 4.90 Å². The molecular weight excluding hydrogens is 234 g/mol. The maximum absolute atomic E-state index is 5.94. The predicted molar refractivity (Wildman–Crippen MR) is 73.8 cm³/mol. The van der Waals surface area contributed by atoms with Crippen molar-refractivity contribution in [1.29, 1.82) is 0 Å². The van der Waals surface area contributed by atoms with Gasteiger partial charge in [0.05, 0.1) is 5.54 Å². The van der Waals surface area contributed by atoms with Gasteiger partial charge in [-0.1, -0.05) is 11.6 Å². The monoisotopic (exact) mass is 253 g/mol. The molecule has 0 spiro atoms. The maximum atomic E-state index is 5.94. The van der Waals surface area contributed by atoms with Crippen LogP contribution >= 0.6 is 11.6 Å². The van der Waals surface area contributed by atoms with E-state index >= 15 is 0 Å². The van der Waals surface area contributed by atoms with Crippen molar-refractivity contribution in [2.75, 3.05) is 38.6 Å². The molecular formula is C13H20ClN3. The van der Waals surface area contributed by atoms with Crippen LogP contribution in [0.15, 0.2) is 24.3 Å². The minimum atomic E-state index is 0.111. The van der Waals surface area contributed by atoms with Crippen LogP contribution in [0.5, 0.6) is 0 Å². The van der Waals surface area contributed by atoms with Gasteiger partial charge in [-0.3, -0.25) is 0 Å². The topological polar surface area (TPSA) is 32.5 Å². The SMILES string of the molecule is CN(C)C1(CN)CCN(c2ccc(Cl)cc2)C1. The number of nitrogens with two attached hydrogens (primary N) is 1. The molecule has 1 aliphatic rings. The van der Waals surface area contributed by atoms with E-state index in [-0.39, 0.29) is 5.54 Å². The smallest absolute Gasteiger partial charge is 0.0518 e. The van der Waals surface area contributed by atoms with Crippen molar-refractivity contribution in [3.8, 4) is 0 Å². The van der Waals surface area contributed by atoms with Crippen LogP contribution < -0.4 is 10.6 Å². The van der Waals surface area contributed by atoms with Gasteiger partial charge >= 0.3 is 0 Å². The van der Waals surface area contributed by atoms with Gasteiger partial charge in [0.2, 0.25) is 0 Å². The average Bonchev–Trinajstić information content (AvgIpc) is 2.75. The Morgan fingerprint density at radius 2 is 2.00 bits per heavy atom. The number of likely N-dealkylation sites (N-methyl/N-ethyl adjacent to an activating group) is 1. The predicted octanol–water partition coefficient (Wildman–Crippen LogP) is 1.81. The molecule has 0 radical (unpaired) electrons. The third-order valence-electron chi connectivity index (χ3n) is 3.85. The van der Waals surface area contributed by atoms with Crippen molar-refractivity contribution in [3.63, 3.8) is 0 Å². The Morgan fingerprint density at radius 1 is 1.35 bits per heavy atom. The van der Waals surface area contributed by atoms with Crippen LogP contribution in [0.1, 0.15) is 6.42 Å². The zero-order chi connectivity index (χ0) is 12.5. The highest BCUT2D eigenvalue weighted by molar-refractivity contribution is 6.30. The van der Waals surface area contributed by atoms with Crippen molar-refractivity contribution in [2.24, 2.45) is 5.73 Å². The molecule has 1 heterocycles. The number of hydrogen-bond acceptors (Lipinski definition) is 3. The van der Waals surface area contributed by atoms with E-state index in [1.807, 2.05) is 12.1 Å². The van der Waals surface area contributed by atoms with E-state index in [2.05, 4.69) is 36.0 Å². The molecule has 1 unspecified atom stereocenters. The Hall–Kier alpha value is -0.770. The minimum Gasteiger partial charge on any atom is -0.370 e. The van der Waals surface area contributed by atoms with Gasteiger partial charge in [0.25, 0.3) is 0 Å². The van der Waals surface area contributed by atoms with E-state index < -0.39 is 0 Å². The standard InChI is InChI=1S/C13H20ClN3/c1-16(2)13(9-15)7-8-17(10-13)12-5-3-11(14)4-6-12/h3-6H,7-10,15H2,1-2H3. The number of benzene rings is 1. The van der Waals surface area contributed by atoms with Gasteiger partial charge in [-0.05, 0) is 44.8 Å². The quantitative estimate of drug-likeness (QED) is 0.892. The summed E-state index contributed by atoms with van der Waals surface area (Å²) < 4.78 is 0. The van der Waals surface area contributed by atoms with Crippen LogP contribution in [0.25, 0.3) is 0 Å². The summed E-state index contributed by atoms with van der Waals surface area (Å²) in [7, 11) is 4.22. The maximum Gasteiger partial charge on any atom is 0.0518 e. The summed E-state index contributed by atoms with van der Waals surface area (Å²) >= 11 is 5.91. The van der Waals surface area contributed by atoms with E-state index in [0.29, 0.717) is 6.54 Å². The molecule has 1 aromatic carbocycles. The Morgan fingerprint density at radius 3 is 2.47 bits per heavy atom. The molecule has 0 bridgehead atoms. The van der Waals surface area contributed by atoms with E-state index in [1.165, 1.54) is 5.69 Å². The van der Waals surface area contributed by atoms with Gasteiger partial charge in [-0.2, -0.15) is 0 Å². The normalized spacial score (nSPS) is 24.6. The van der Waals surface area contributed by atoms with Gasteiger partial charge in [0.15, 0.2) is 0 Å². The molecule has 1 saturated heterocycles. The van der Waals surface area contributed by atoms with Crippen LogP contribution in [0.3, 0.4) is 0 Å². The summed E-state index contributed by atoms with van der Waals surface area (Å²) in [5.41, 5.74) is 7.28. The molecule has 3 nitrogen and oxygen atoms in total. The van der Waals surface area contributed by atoms with Crippen molar-refractivity contribution < 1.29 is 0 Å². The second kappa shape index (κ2) is 4.84. The summed E-state index contributed by atoms with van der Waals surface area (Å²) in [5, 5.41) is 0.783. The molecule has 17 heavy (non-hydrogen) atoms. The van der Waals surface area contributed by atoms with E-state index in [0.717, 1.165) is 24.5 Å². The molecule has 4 heteroatoms. The van der Waals surface area contributed by atoms with E-state index in [9.17, 15) is 0 Å². The van der Waals surface area contributed by atoms with Gasteiger partial charge in [0.1, 0.15) is 0 Å². The lowest BCUT2D eigenvalue weighted by Gasteiger charge is -2.35. The Kier molecular flexibility index (Phi) is 3.61. The van der Waals surface area contributed by atoms with Crippen LogP contribution in [0.4, 0.5) is 5.69 Å². The second-order valence-electron chi connectivity index (χ2n) is 4.97. The Balaban J connectivity index is 2.14. The number of hydrogen-bond donors (Lipinski definition) is 1. The summed E-state index contributed by atoms with van der Waals surface area (Å²) in [5.74, 6) is 0. The fourth-order valence-electron chi connectivity index (χ4n) is 2.44. The first-order valence-electron chi connectivity index (χ1n) is 5.95. The van der Waals surface area contributed by atoms with E-state index in [1.54, 1.807) is 0 Å².